The minimum absolute atomic E-state index is 0.0696. The van der Waals surface area contributed by atoms with Crippen LogP contribution in [0.5, 0.6) is 5.75 Å². The molecule has 0 spiro atoms. The summed E-state index contributed by atoms with van der Waals surface area (Å²) in [6.45, 7) is 6.36. The molecule has 25 heteroatoms. The fourth-order valence-electron chi connectivity index (χ4n) is 7.09. The van der Waals surface area contributed by atoms with Crippen LogP contribution in [0.25, 0.3) is 0 Å². The predicted molar refractivity (Wildman–Crippen MR) is 241 cm³/mol. The number of phenolic OH excluding ortho intramolecular Hbond substituents is 1. The number of benzene rings is 1. The van der Waals surface area contributed by atoms with E-state index in [1.54, 1.807) is 27.7 Å². The first-order chi connectivity index (χ1) is 31.7. The third kappa shape index (κ3) is 19.2. The molecular weight excluding hydrogens is 893 g/mol. The SMILES string of the molecule is CC[C@H](C)[C@@H]1NC(=O)[C@H](Cc2ccc(O)cc2)NC(=O)CCC(=O)NC[C@@H](C(=O)N(C)CC(=O)NC(C)(CC(C)C)C(=O)NCC(N)=O)NC(=O)[C@H](CC(N)=O)NC(=O)[C@H](CCC(N)=O)NC1=O. The smallest absolute Gasteiger partial charge is 0.247 e. The summed E-state index contributed by atoms with van der Waals surface area (Å²) in [5.41, 5.74) is 14.9. The molecule has 1 saturated heterocycles. The van der Waals surface area contributed by atoms with Crippen molar-refractivity contribution in [3.8, 4) is 5.75 Å². The summed E-state index contributed by atoms with van der Waals surface area (Å²) in [5.74, 6) is -11.9. The lowest BCUT2D eigenvalue weighted by molar-refractivity contribution is -0.141. The normalized spacial score (nSPS) is 21.4. The van der Waals surface area contributed by atoms with E-state index in [0.717, 1.165) is 11.9 Å². The van der Waals surface area contributed by atoms with Crippen molar-refractivity contribution in [2.45, 2.75) is 122 Å². The van der Waals surface area contributed by atoms with Crippen LogP contribution in [-0.4, -0.2) is 143 Å². The number of primary amides is 3. The molecule has 1 aromatic carbocycles. The summed E-state index contributed by atoms with van der Waals surface area (Å²) >= 11 is 0. The van der Waals surface area contributed by atoms with Gasteiger partial charge >= 0.3 is 0 Å². The van der Waals surface area contributed by atoms with Crippen molar-refractivity contribution in [3.63, 3.8) is 0 Å². The lowest BCUT2D eigenvalue weighted by atomic mass is 9.89. The van der Waals surface area contributed by atoms with E-state index in [4.69, 9.17) is 17.2 Å². The molecule has 12 amide bonds. The van der Waals surface area contributed by atoms with Crippen LogP contribution in [0.1, 0.15) is 85.1 Å². The molecule has 0 bridgehead atoms. The van der Waals surface area contributed by atoms with E-state index in [1.807, 2.05) is 0 Å². The fraction of sp³-hybridized carbons (Fsp3) is 0.581. The highest BCUT2D eigenvalue weighted by atomic mass is 16.3. The summed E-state index contributed by atoms with van der Waals surface area (Å²) in [6.07, 6.45) is -2.50. The van der Waals surface area contributed by atoms with Crippen molar-refractivity contribution >= 4 is 70.9 Å². The minimum atomic E-state index is -1.84. The summed E-state index contributed by atoms with van der Waals surface area (Å²) in [6, 6.07) is -2.18. The first-order valence-electron chi connectivity index (χ1n) is 22.0. The second-order valence-electron chi connectivity index (χ2n) is 17.3. The summed E-state index contributed by atoms with van der Waals surface area (Å²) < 4.78 is 0. The van der Waals surface area contributed by atoms with Crippen molar-refractivity contribution in [1.29, 1.82) is 0 Å². The van der Waals surface area contributed by atoms with Gasteiger partial charge in [0.1, 0.15) is 41.5 Å². The molecule has 0 aliphatic carbocycles. The van der Waals surface area contributed by atoms with Gasteiger partial charge in [0, 0.05) is 39.3 Å². The molecule has 1 unspecified atom stereocenters. The maximum Gasteiger partial charge on any atom is 0.247 e. The van der Waals surface area contributed by atoms with Gasteiger partial charge in [-0.1, -0.05) is 46.2 Å². The van der Waals surface area contributed by atoms with E-state index < -0.39 is 164 Å². The Labute approximate surface area is 393 Å². The molecule has 0 saturated carbocycles. The van der Waals surface area contributed by atoms with E-state index >= 15 is 0 Å². The zero-order chi connectivity index (χ0) is 51.5. The molecule has 68 heavy (non-hydrogen) atoms. The highest BCUT2D eigenvalue weighted by Crippen LogP contribution is 2.18. The minimum Gasteiger partial charge on any atom is -0.508 e. The number of nitrogens with one attached hydrogen (secondary N) is 8. The Morgan fingerprint density at radius 1 is 0.779 bits per heavy atom. The number of carbonyl (C=O) groups excluding carboxylic acids is 12. The van der Waals surface area contributed by atoms with Crippen molar-refractivity contribution in [3.05, 3.63) is 29.8 Å². The van der Waals surface area contributed by atoms with Gasteiger partial charge in [-0.3, -0.25) is 57.5 Å². The topological polar surface area (TPSA) is 403 Å². The number of hydrogen-bond donors (Lipinski definition) is 12. The Morgan fingerprint density at radius 2 is 1.37 bits per heavy atom. The molecule has 0 aromatic heterocycles. The van der Waals surface area contributed by atoms with Gasteiger partial charge < -0.3 is 69.7 Å². The second-order valence-corrected chi connectivity index (χ2v) is 17.3. The van der Waals surface area contributed by atoms with Crippen LogP contribution < -0.4 is 59.7 Å². The van der Waals surface area contributed by atoms with E-state index in [-0.39, 0.29) is 24.5 Å². The van der Waals surface area contributed by atoms with Crippen LogP contribution in [0.15, 0.2) is 24.3 Å². The number of rotatable bonds is 18. The highest BCUT2D eigenvalue weighted by molar-refractivity contribution is 5.99. The van der Waals surface area contributed by atoms with Crippen molar-refractivity contribution in [2.24, 2.45) is 29.0 Å². The van der Waals surface area contributed by atoms with E-state index in [0.29, 0.717) is 12.0 Å². The standard InChI is InChI=1S/C43H66N12O13/c1-7-23(4)36-40(66)50-26(12-13-30(44)57)37(63)51-28(17-31(45)58)38(64)52-29(41(67)55(6)21-35(62)54-43(5,18-22(2)3)42(68)48-20-32(46)59)19-47-33(60)14-15-34(61)49-27(39(65)53-36)16-24-8-10-25(56)11-9-24/h8-11,22-23,26-29,36,56H,7,12-21H2,1-6H3,(H2,44,57)(H2,45,58)(H2,46,59)(H,47,60)(H,48,68)(H,49,61)(H,50,66)(H,51,63)(H,52,64)(H,53,65)(H,54,62)/t23-,26-,27-,28-,29-,36-,43?/m0/s1. The van der Waals surface area contributed by atoms with Crippen LogP contribution in [0.3, 0.4) is 0 Å². The first-order valence-corrected chi connectivity index (χ1v) is 22.0. The summed E-state index contributed by atoms with van der Waals surface area (Å²) in [7, 11) is 1.16. The number of hydrogen-bond acceptors (Lipinski definition) is 13. The lowest BCUT2D eigenvalue weighted by Crippen LogP contribution is -2.62. The molecule has 1 aromatic rings. The number of aromatic hydroxyl groups is 1. The van der Waals surface area contributed by atoms with Gasteiger partial charge in [0.05, 0.1) is 19.5 Å². The number of amides is 12. The van der Waals surface area contributed by atoms with Crippen LogP contribution in [-0.2, 0) is 64.0 Å². The third-order valence-electron chi connectivity index (χ3n) is 10.8. The van der Waals surface area contributed by atoms with Crippen molar-refractivity contribution in [1.82, 2.24) is 47.4 Å². The van der Waals surface area contributed by atoms with Crippen LogP contribution in [0, 0.1) is 11.8 Å². The Kier molecular flexibility index (Phi) is 22.3. The van der Waals surface area contributed by atoms with Gasteiger partial charge in [-0.2, -0.15) is 0 Å². The Balaban J connectivity index is 2.61. The van der Waals surface area contributed by atoms with E-state index in [1.165, 1.54) is 31.2 Å². The zero-order valence-corrected chi connectivity index (χ0v) is 39.2. The average molecular weight is 959 g/mol. The van der Waals surface area contributed by atoms with Gasteiger partial charge in [-0.05, 0) is 49.3 Å². The van der Waals surface area contributed by atoms with Gasteiger partial charge in [-0.15, -0.1) is 0 Å². The molecule has 0 radical (unpaired) electrons. The van der Waals surface area contributed by atoms with Crippen LogP contribution in [0.4, 0.5) is 0 Å². The molecule has 7 atom stereocenters. The highest BCUT2D eigenvalue weighted by Gasteiger charge is 2.38. The molecule has 1 heterocycles. The molecular formula is C43H66N12O13. The fourth-order valence-corrected chi connectivity index (χ4v) is 7.09. The zero-order valence-electron chi connectivity index (χ0n) is 39.2. The summed E-state index contributed by atoms with van der Waals surface area (Å²) in [4.78, 5) is 159. The lowest BCUT2D eigenvalue weighted by Gasteiger charge is -2.32. The van der Waals surface area contributed by atoms with Gasteiger partial charge in [-0.25, -0.2) is 0 Å². The molecule has 15 N–H and O–H groups in total. The molecule has 2 rings (SSSR count). The van der Waals surface area contributed by atoms with Crippen LogP contribution >= 0.6 is 0 Å². The Bertz CT molecular complexity index is 2050. The van der Waals surface area contributed by atoms with E-state index in [2.05, 4.69) is 42.5 Å². The van der Waals surface area contributed by atoms with E-state index in [9.17, 15) is 62.6 Å². The second kappa shape index (κ2) is 26.7. The number of likely N-dealkylation sites (N-methyl/N-ethyl adjacent to an activating group) is 1. The molecule has 1 fully saturated rings. The molecule has 1 aliphatic heterocycles. The maximum absolute atomic E-state index is 14.0. The van der Waals surface area contributed by atoms with Gasteiger partial charge in [0.2, 0.25) is 70.9 Å². The largest absolute Gasteiger partial charge is 0.508 e. The number of phenols is 1. The molecule has 1 aliphatic rings. The number of nitrogens with zero attached hydrogens (tertiary/aromatic N) is 1. The van der Waals surface area contributed by atoms with Crippen molar-refractivity contribution in [2.75, 3.05) is 26.7 Å². The van der Waals surface area contributed by atoms with Gasteiger partial charge in [0.25, 0.3) is 0 Å². The molecule has 376 valence electrons. The van der Waals surface area contributed by atoms with Gasteiger partial charge in [0.15, 0.2) is 0 Å². The average Bonchev–Trinajstić information content (AvgIpc) is 3.25. The van der Waals surface area contributed by atoms with Crippen LogP contribution in [0.2, 0.25) is 0 Å². The first kappa shape index (κ1) is 56.8. The Morgan fingerprint density at radius 3 is 1.94 bits per heavy atom. The number of carbonyl (C=O) groups is 12. The maximum atomic E-state index is 14.0. The Hall–Kier alpha value is -7.34. The third-order valence-corrected chi connectivity index (χ3v) is 10.8. The summed E-state index contributed by atoms with van der Waals surface area (Å²) in [5, 5.41) is 29.5. The molecule has 25 nitrogen and oxygen atoms in total. The monoisotopic (exact) mass is 958 g/mol. The number of nitrogens with two attached hydrogens (primary N) is 3. The predicted octanol–water partition coefficient (Wildman–Crippen LogP) is -4.56. The quantitative estimate of drug-likeness (QED) is 0.0661. The van der Waals surface area contributed by atoms with Crippen molar-refractivity contribution < 1.29 is 62.6 Å².